The summed E-state index contributed by atoms with van der Waals surface area (Å²) in [5.74, 6) is -1.11. The lowest BCUT2D eigenvalue weighted by Gasteiger charge is -2.14. The summed E-state index contributed by atoms with van der Waals surface area (Å²) in [6.07, 6.45) is 0.476. The molecular weight excluding hydrogens is 401 g/mol. The van der Waals surface area contributed by atoms with Crippen molar-refractivity contribution in [3.63, 3.8) is 0 Å². The number of nitrogens with zero attached hydrogens (tertiary/aromatic N) is 2. The Hall–Kier alpha value is -2.97. The van der Waals surface area contributed by atoms with Gasteiger partial charge in [-0.05, 0) is 36.8 Å². The van der Waals surface area contributed by atoms with Crippen molar-refractivity contribution in [3.8, 4) is 0 Å². The number of carbonyl (C=O) groups excluding carboxylic acids is 1. The number of methoxy groups -OCH3 is 1. The smallest absolute Gasteiger partial charge is 0.331 e. The highest BCUT2D eigenvalue weighted by Gasteiger charge is 2.15. The van der Waals surface area contributed by atoms with Gasteiger partial charge in [0.25, 0.3) is 5.56 Å². The molecule has 0 atom stereocenters. The third kappa shape index (κ3) is 4.55. The van der Waals surface area contributed by atoms with Gasteiger partial charge in [0.05, 0.1) is 15.9 Å². The van der Waals surface area contributed by atoms with E-state index in [2.05, 4.69) is 5.32 Å². The van der Waals surface area contributed by atoms with Gasteiger partial charge in [-0.15, -0.1) is 0 Å². The molecule has 0 saturated heterocycles. The lowest BCUT2D eigenvalue weighted by atomic mass is 10.2. The van der Waals surface area contributed by atoms with Crippen LogP contribution in [0.4, 0.5) is 10.1 Å². The van der Waals surface area contributed by atoms with Gasteiger partial charge in [0.1, 0.15) is 12.4 Å². The molecule has 3 rings (SSSR count). The van der Waals surface area contributed by atoms with Crippen molar-refractivity contribution >= 4 is 34.1 Å². The number of aromatic nitrogens is 2. The van der Waals surface area contributed by atoms with E-state index in [1.165, 1.54) is 23.8 Å². The topological polar surface area (TPSA) is 82.3 Å². The molecule has 3 aromatic rings. The van der Waals surface area contributed by atoms with Crippen molar-refractivity contribution in [3.05, 3.63) is 74.1 Å². The summed E-state index contributed by atoms with van der Waals surface area (Å²) in [7, 11) is 1.54. The molecule has 0 saturated carbocycles. The molecule has 0 bridgehead atoms. The molecular formula is C20H19ClFN3O4. The van der Waals surface area contributed by atoms with Crippen molar-refractivity contribution in [2.45, 2.75) is 19.5 Å². The molecule has 0 aliphatic rings. The van der Waals surface area contributed by atoms with Gasteiger partial charge in [-0.25, -0.2) is 9.18 Å². The van der Waals surface area contributed by atoms with Gasteiger partial charge in [0, 0.05) is 25.9 Å². The molecule has 29 heavy (non-hydrogen) atoms. The highest BCUT2D eigenvalue weighted by Crippen LogP contribution is 2.19. The minimum atomic E-state index is -0.602. The highest BCUT2D eigenvalue weighted by atomic mass is 35.5. The van der Waals surface area contributed by atoms with E-state index in [9.17, 15) is 18.8 Å². The maximum Gasteiger partial charge on any atom is 0.331 e. The highest BCUT2D eigenvalue weighted by molar-refractivity contribution is 6.31. The van der Waals surface area contributed by atoms with Gasteiger partial charge in [-0.3, -0.25) is 18.7 Å². The van der Waals surface area contributed by atoms with E-state index in [1.54, 1.807) is 24.3 Å². The first-order valence-electron chi connectivity index (χ1n) is 8.88. The second kappa shape index (κ2) is 9.02. The van der Waals surface area contributed by atoms with Crippen LogP contribution in [0.15, 0.2) is 52.1 Å². The summed E-state index contributed by atoms with van der Waals surface area (Å²) in [5, 5.41) is 2.79. The summed E-state index contributed by atoms with van der Waals surface area (Å²) in [4.78, 5) is 38.1. The van der Waals surface area contributed by atoms with E-state index >= 15 is 0 Å². The third-order valence-corrected chi connectivity index (χ3v) is 4.66. The van der Waals surface area contributed by atoms with E-state index in [0.29, 0.717) is 29.6 Å². The van der Waals surface area contributed by atoms with Crippen LogP contribution in [0.2, 0.25) is 5.02 Å². The first kappa shape index (κ1) is 20.8. The summed E-state index contributed by atoms with van der Waals surface area (Å²) in [6.45, 7) is 0.245. The fraction of sp³-hybridized carbons (Fsp3) is 0.250. The van der Waals surface area contributed by atoms with Crippen molar-refractivity contribution in [2.75, 3.05) is 19.0 Å². The number of carbonyl (C=O) groups is 1. The van der Waals surface area contributed by atoms with Gasteiger partial charge >= 0.3 is 5.69 Å². The first-order chi connectivity index (χ1) is 13.9. The number of fused-ring (bicyclic) bond motifs is 1. The van der Waals surface area contributed by atoms with Crippen LogP contribution >= 0.6 is 11.6 Å². The monoisotopic (exact) mass is 419 g/mol. The molecule has 0 aliphatic carbocycles. The Morgan fingerprint density at radius 1 is 1.17 bits per heavy atom. The second-order valence-corrected chi connectivity index (χ2v) is 6.77. The number of hydrogen-bond donors (Lipinski definition) is 1. The number of para-hydroxylation sites is 1. The van der Waals surface area contributed by atoms with E-state index in [0.717, 1.165) is 10.6 Å². The zero-order valence-corrected chi connectivity index (χ0v) is 16.4. The Balaban J connectivity index is 1.96. The van der Waals surface area contributed by atoms with Crippen LogP contribution in [0.5, 0.6) is 0 Å². The number of hydrogen-bond acceptors (Lipinski definition) is 4. The van der Waals surface area contributed by atoms with Crippen LogP contribution < -0.4 is 16.6 Å². The van der Waals surface area contributed by atoms with Crippen molar-refractivity contribution in [1.29, 1.82) is 0 Å². The quantitative estimate of drug-likeness (QED) is 0.597. The molecule has 0 spiro atoms. The number of halogens is 2. The zero-order chi connectivity index (χ0) is 21.0. The van der Waals surface area contributed by atoms with Crippen LogP contribution in [-0.2, 0) is 22.6 Å². The van der Waals surface area contributed by atoms with Gasteiger partial charge in [0.2, 0.25) is 5.91 Å². The molecule has 0 fully saturated rings. The van der Waals surface area contributed by atoms with Crippen molar-refractivity contribution < 1.29 is 13.9 Å². The van der Waals surface area contributed by atoms with Gasteiger partial charge in [0.15, 0.2) is 0 Å². The zero-order valence-electron chi connectivity index (χ0n) is 15.7. The molecule has 1 amide bonds. The number of benzene rings is 2. The third-order valence-electron chi connectivity index (χ3n) is 4.37. The van der Waals surface area contributed by atoms with Crippen LogP contribution in [0.3, 0.4) is 0 Å². The normalized spacial score (nSPS) is 11.0. The van der Waals surface area contributed by atoms with Crippen LogP contribution in [-0.4, -0.2) is 28.8 Å². The van der Waals surface area contributed by atoms with Crippen LogP contribution in [0.25, 0.3) is 10.9 Å². The lowest BCUT2D eigenvalue weighted by molar-refractivity contribution is -0.116. The lowest BCUT2D eigenvalue weighted by Crippen LogP contribution is -2.42. The standard InChI is InChI=1S/C20H19ClFN3O4/c1-29-10-4-9-24-19(27)14-5-2-3-6-17(14)25(20(24)28)12-18(26)23-13-7-8-16(22)15(21)11-13/h2-3,5-8,11H,4,9-10,12H2,1H3,(H,23,26). The Bertz CT molecular complexity index is 1170. The number of amides is 1. The van der Waals surface area contributed by atoms with Gasteiger partial charge in [-0.1, -0.05) is 23.7 Å². The Kier molecular flexibility index (Phi) is 6.46. The summed E-state index contributed by atoms with van der Waals surface area (Å²) in [6, 6.07) is 10.4. The fourth-order valence-corrected chi connectivity index (χ4v) is 3.19. The first-order valence-corrected chi connectivity index (χ1v) is 9.26. The van der Waals surface area contributed by atoms with Gasteiger partial charge < -0.3 is 10.1 Å². The van der Waals surface area contributed by atoms with Crippen molar-refractivity contribution in [2.24, 2.45) is 0 Å². The molecule has 7 nitrogen and oxygen atoms in total. The summed E-state index contributed by atoms with van der Waals surface area (Å²) in [5.41, 5.74) is -0.342. The Morgan fingerprint density at radius 3 is 2.66 bits per heavy atom. The number of ether oxygens (including phenoxy) is 1. The summed E-state index contributed by atoms with van der Waals surface area (Å²) < 4.78 is 20.6. The maximum atomic E-state index is 13.3. The molecule has 152 valence electrons. The number of anilines is 1. The average molecular weight is 420 g/mol. The Morgan fingerprint density at radius 2 is 1.93 bits per heavy atom. The van der Waals surface area contributed by atoms with E-state index in [1.807, 2.05) is 0 Å². The fourth-order valence-electron chi connectivity index (χ4n) is 3.01. The van der Waals surface area contributed by atoms with Crippen LogP contribution in [0, 0.1) is 5.82 Å². The summed E-state index contributed by atoms with van der Waals surface area (Å²) >= 11 is 5.73. The van der Waals surface area contributed by atoms with Crippen molar-refractivity contribution in [1.82, 2.24) is 9.13 Å². The van der Waals surface area contributed by atoms with Gasteiger partial charge in [-0.2, -0.15) is 0 Å². The molecule has 1 N–H and O–H groups in total. The molecule has 9 heteroatoms. The molecule has 0 radical (unpaired) electrons. The average Bonchev–Trinajstić information content (AvgIpc) is 2.70. The largest absolute Gasteiger partial charge is 0.385 e. The maximum absolute atomic E-state index is 13.3. The Labute approximate surface area is 170 Å². The SMILES string of the molecule is COCCCn1c(=O)c2ccccc2n(CC(=O)Nc2ccc(F)c(Cl)c2)c1=O. The molecule has 0 unspecified atom stereocenters. The number of nitrogens with one attached hydrogen (secondary N) is 1. The van der Waals surface area contributed by atoms with Crippen LogP contribution in [0.1, 0.15) is 6.42 Å². The van der Waals surface area contributed by atoms with E-state index in [4.69, 9.17) is 16.3 Å². The van der Waals surface area contributed by atoms with E-state index in [-0.39, 0.29) is 18.1 Å². The minimum Gasteiger partial charge on any atom is -0.385 e. The molecule has 1 aromatic heterocycles. The predicted molar refractivity (Wildman–Crippen MR) is 109 cm³/mol. The second-order valence-electron chi connectivity index (χ2n) is 6.37. The molecule has 0 aliphatic heterocycles. The molecule has 1 heterocycles. The molecule has 2 aromatic carbocycles. The predicted octanol–water partition coefficient (Wildman–Crippen LogP) is 2.63. The minimum absolute atomic E-state index is 0.128. The number of rotatable bonds is 7. The van der Waals surface area contributed by atoms with E-state index < -0.39 is 23.0 Å².